The van der Waals surface area contributed by atoms with Gasteiger partial charge in [0.2, 0.25) is 5.88 Å². The molecule has 0 saturated heterocycles. The fourth-order valence-electron chi connectivity index (χ4n) is 2.96. The predicted octanol–water partition coefficient (Wildman–Crippen LogP) is 5.77. The number of unbranched alkanes of at least 4 members (excludes halogenated alkanes) is 2. The molecule has 3 nitrogen and oxygen atoms in total. The predicted molar refractivity (Wildman–Crippen MR) is 97.4 cm³/mol. The molecule has 1 aliphatic carbocycles. The number of benzene rings is 1. The van der Waals surface area contributed by atoms with Crippen molar-refractivity contribution in [1.82, 2.24) is 4.98 Å². The van der Waals surface area contributed by atoms with Crippen molar-refractivity contribution in [2.24, 2.45) is 5.92 Å². The van der Waals surface area contributed by atoms with Crippen molar-refractivity contribution < 1.29 is 18.3 Å². The Labute approximate surface area is 153 Å². The molecule has 1 fully saturated rings. The Morgan fingerprint density at radius 1 is 1.12 bits per heavy atom. The van der Waals surface area contributed by atoms with E-state index in [-0.39, 0.29) is 5.75 Å². The molecule has 0 amide bonds. The summed E-state index contributed by atoms with van der Waals surface area (Å²) in [5, 5.41) is 0. The van der Waals surface area contributed by atoms with Gasteiger partial charge in [0.15, 0.2) is 17.4 Å². The van der Waals surface area contributed by atoms with Gasteiger partial charge in [-0.05, 0) is 55.0 Å². The Bertz CT molecular complexity index is 709. The number of ether oxygens (including phenoxy) is 2. The van der Waals surface area contributed by atoms with Crippen LogP contribution in [0.2, 0.25) is 0 Å². The van der Waals surface area contributed by atoms with Crippen LogP contribution in [-0.2, 0) is 0 Å². The van der Waals surface area contributed by atoms with Crippen LogP contribution in [0.4, 0.5) is 8.78 Å². The van der Waals surface area contributed by atoms with Crippen LogP contribution >= 0.6 is 0 Å². The SMILES string of the molecule is CCCCCOc1c(F)cc(-c2cccnc2OCC2CCC2)cc1F. The van der Waals surface area contributed by atoms with Gasteiger partial charge in [-0.25, -0.2) is 13.8 Å². The van der Waals surface area contributed by atoms with E-state index >= 15 is 0 Å². The molecule has 1 aromatic carbocycles. The topological polar surface area (TPSA) is 31.4 Å². The summed E-state index contributed by atoms with van der Waals surface area (Å²) in [4.78, 5) is 4.24. The summed E-state index contributed by atoms with van der Waals surface area (Å²) in [5.41, 5.74) is 0.986. The van der Waals surface area contributed by atoms with Crippen molar-refractivity contribution in [1.29, 1.82) is 0 Å². The Morgan fingerprint density at radius 2 is 1.88 bits per heavy atom. The normalized spacial score (nSPS) is 14.1. The van der Waals surface area contributed by atoms with Gasteiger partial charge in [0, 0.05) is 11.8 Å². The minimum Gasteiger partial charge on any atom is -0.488 e. The number of halogens is 2. The number of aromatic nitrogens is 1. The molecule has 2 aromatic rings. The maximum atomic E-state index is 14.4. The van der Waals surface area contributed by atoms with Crippen molar-refractivity contribution >= 4 is 0 Å². The zero-order valence-corrected chi connectivity index (χ0v) is 15.1. The second kappa shape index (κ2) is 8.97. The van der Waals surface area contributed by atoms with Gasteiger partial charge in [0.25, 0.3) is 0 Å². The molecule has 5 heteroatoms. The Morgan fingerprint density at radius 3 is 2.54 bits per heavy atom. The van der Waals surface area contributed by atoms with E-state index in [1.165, 1.54) is 18.6 Å². The van der Waals surface area contributed by atoms with E-state index in [1.807, 2.05) is 0 Å². The van der Waals surface area contributed by atoms with E-state index in [2.05, 4.69) is 11.9 Å². The minimum absolute atomic E-state index is 0.309. The lowest BCUT2D eigenvalue weighted by atomic mass is 9.86. The van der Waals surface area contributed by atoms with E-state index in [9.17, 15) is 8.78 Å². The van der Waals surface area contributed by atoms with E-state index in [0.717, 1.165) is 32.1 Å². The van der Waals surface area contributed by atoms with Crippen LogP contribution in [0.25, 0.3) is 11.1 Å². The van der Waals surface area contributed by atoms with Gasteiger partial charge >= 0.3 is 0 Å². The van der Waals surface area contributed by atoms with Gasteiger partial charge in [-0.2, -0.15) is 0 Å². The molecular formula is C21H25F2NO2. The monoisotopic (exact) mass is 361 g/mol. The summed E-state index contributed by atoms with van der Waals surface area (Å²) in [7, 11) is 0. The molecular weight excluding hydrogens is 336 g/mol. The van der Waals surface area contributed by atoms with E-state index < -0.39 is 11.6 Å². The van der Waals surface area contributed by atoms with Crippen LogP contribution in [-0.4, -0.2) is 18.2 Å². The van der Waals surface area contributed by atoms with E-state index in [0.29, 0.717) is 36.1 Å². The van der Waals surface area contributed by atoms with Crippen molar-refractivity contribution in [2.75, 3.05) is 13.2 Å². The zero-order chi connectivity index (χ0) is 18.4. The number of hydrogen-bond donors (Lipinski definition) is 0. The molecule has 3 rings (SSSR count). The Balaban J connectivity index is 1.76. The number of pyridine rings is 1. The Kier molecular flexibility index (Phi) is 6.42. The maximum absolute atomic E-state index is 14.4. The Hall–Kier alpha value is -2.17. The lowest BCUT2D eigenvalue weighted by Crippen LogP contribution is -2.19. The molecule has 0 unspecified atom stereocenters. The van der Waals surface area contributed by atoms with Gasteiger partial charge in [0.1, 0.15) is 0 Å². The molecule has 0 radical (unpaired) electrons. The second-order valence-electron chi connectivity index (χ2n) is 6.79. The first-order chi connectivity index (χ1) is 12.7. The van der Waals surface area contributed by atoms with Crippen LogP contribution in [0.5, 0.6) is 11.6 Å². The molecule has 0 aliphatic heterocycles. The first-order valence-corrected chi connectivity index (χ1v) is 9.39. The van der Waals surface area contributed by atoms with Gasteiger partial charge in [0.05, 0.1) is 13.2 Å². The van der Waals surface area contributed by atoms with E-state index in [1.54, 1.807) is 18.3 Å². The third-order valence-corrected chi connectivity index (χ3v) is 4.76. The zero-order valence-electron chi connectivity index (χ0n) is 15.1. The fraction of sp³-hybridized carbons (Fsp3) is 0.476. The highest BCUT2D eigenvalue weighted by Gasteiger charge is 2.20. The van der Waals surface area contributed by atoms with E-state index in [4.69, 9.17) is 9.47 Å². The molecule has 1 heterocycles. The standard InChI is InChI=1S/C21H25F2NO2/c1-2-3-4-11-25-20-18(22)12-16(13-19(20)23)17-9-6-10-24-21(17)26-14-15-7-5-8-15/h6,9-10,12-13,15H,2-5,7-8,11,14H2,1H3. The van der Waals surface area contributed by atoms with Gasteiger partial charge in [-0.1, -0.05) is 26.2 Å². The summed E-state index contributed by atoms with van der Waals surface area (Å²) in [6.07, 6.45) is 7.96. The molecule has 26 heavy (non-hydrogen) atoms. The quantitative estimate of drug-likeness (QED) is 0.531. The third-order valence-electron chi connectivity index (χ3n) is 4.76. The lowest BCUT2D eigenvalue weighted by molar-refractivity contribution is 0.176. The minimum atomic E-state index is -0.703. The number of hydrogen-bond acceptors (Lipinski definition) is 3. The highest BCUT2D eigenvalue weighted by Crippen LogP contribution is 2.34. The van der Waals surface area contributed by atoms with Crippen molar-refractivity contribution in [2.45, 2.75) is 45.4 Å². The summed E-state index contributed by atoms with van der Waals surface area (Å²) in [5.74, 6) is -0.756. The molecule has 1 saturated carbocycles. The smallest absolute Gasteiger partial charge is 0.221 e. The molecule has 0 bridgehead atoms. The summed E-state index contributed by atoms with van der Waals surface area (Å²) < 4.78 is 39.9. The molecule has 0 N–H and O–H groups in total. The number of rotatable bonds is 9. The van der Waals surface area contributed by atoms with Crippen molar-refractivity contribution in [3.63, 3.8) is 0 Å². The first kappa shape index (κ1) is 18.6. The summed E-state index contributed by atoms with van der Waals surface area (Å²) in [6.45, 7) is 2.96. The van der Waals surface area contributed by atoms with Crippen LogP contribution < -0.4 is 9.47 Å². The second-order valence-corrected chi connectivity index (χ2v) is 6.79. The van der Waals surface area contributed by atoms with Gasteiger partial charge in [-0.15, -0.1) is 0 Å². The first-order valence-electron chi connectivity index (χ1n) is 9.39. The van der Waals surface area contributed by atoms with Crippen molar-refractivity contribution in [3.8, 4) is 22.8 Å². The van der Waals surface area contributed by atoms with Gasteiger partial charge < -0.3 is 9.47 Å². The third kappa shape index (κ3) is 4.51. The van der Waals surface area contributed by atoms with Crippen LogP contribution in [0.1, 0.15) is 45.4 Å². The van der Waals surface area contributed by atoms with Crippen LogP contribution in [0.15, 0.2) is 30.5 Å². The molecule has 0 atom stereocenters. The highest BCUT2D eigenvalue weighted by atomic mass is 19.1. The average Bonchev–Trinajstić information content (AvgIpc) is 2.59. The summed E-state index contributed by atoms with van der Waals surface area (Å²) in [6, 6.07) is 6.06. The molecule has 140 valence electrons. The highest BCUT2D eigenvalue weighted by molar-refractivity contribution is 5.69. The average molecular weight is 361 g/mol. The van der Waals surface area contributed by atoms with Crippen LogP contribution in [0.3, 0.4) is 0 Å². The number of nitrogens with zero attached hydrogens (tertiary/aromatic N) is 1. The lowest BCUT2D eigenvalue weighted by Gasteiger charge is -2.25. The molecule has 1 aromatic heterocycles. The fourth-order valence-corrected chi connectivity index (χ4v) is 2.96. The maximum Gasteiger partial charge on any atom is 0.221 e. The molecule has 1 aliphatic rings. The van der Waals surface area contributed by atoms with Crippen molar-refractivity contribution in [3.05, 3.63) is 42.1 Å². The largest absolute Gasteiger partial charge is 0.488 e. The molecule has 0 spiro atoms. The summed E-state index contributed by atoms with van der Waals surface area (Å²) >= 11 is 0. The van der Waals surface area contributed by atoms with Crippen LogP contribution in [0, 0.1) is 17.6 Å². The van der Waals surface area contributed by atoms with Gasteiger partial charge in [-0.3, -0.25) is 0 Å².